The maximum atomic E-state index is 13.5. The molecule has 2 heterocycles. The van der Waals surface area contributed by atoms with Crippen LogP contribution in [0.2, 0.25) is 0 Å². The number of benzene rings is 1. The molecule has 3 nitrogen and oxygen atoms in total. The first-order valence-electron chi connectivity index (χ1n) is 5.97. The molecular weight excluding hydrogens is 305 g/mol. The highest BCUT2D eigenvalue weighted by Gasteiger charge is 2.65. The third-order valence-electron chi connectivity index (χ3n) is 3.06. The number of ether oxygens (including phenoxy) is 2. The van der Waals surface area contributed by atoms with Crippen LogP contribution in [0.25, 0.3) is 0 Å². The number of hydrogen-bond donors (Lipinski definition) is 0. The fourth-order valence-corrected chi connectivity index (χ4v) is 2.89. The molecule has 0 amide bonds. The van der Waals surface area contributed by atoms with Crippen molar-refractivity contribution in [1.29, 1.82) is 0 Å². The summed E-state index contributed by atoms with van der Waals surface area (Å²) in [6.07, 6.45) is -4.89. The first-order chi connectivity index (χ1) is 9.83. The number of rotatable bonds is 1. The van der Waals surface area contributed by atoms with Gasteiger partial charge in [0.25, 0.3) is 0 Å². The molecule has 0 saturated heterocycles. The molecule has 0 N–H and O–H groups in total. The minimum absolute atomic E-state index is 0.00793. The van der Waals surface area contributed by atoms with Gasteiger partial charge in [0.1, 0.15) is 11.3 Å². The van der Waals surface area contributed by atoms with Crippen molar-refractivity contribution in [3.63, 3.8) is 0 Å². The van der Waals surface area contributed by atoms with Gasteiger partial charge in [0.2, 0.25) is 0 Å². The number of fused-ring (bicyclic) bond motifs is 1. The van der Waals surface area contributed by atoms with E-state index in [0.29, 0.717) is 0 Å². The van der Waals surface area contributed by atoms with Crippen LogP contribution >= 0.6 is 11.3 Å². The first kappa shape index (κ1) is 13.9. The largest absolute Gasteiger partial charge is 0.474 e. The van der Waals surface area contributed by atoms with Crippen LogP contribution in [0, 0.1) is 6.92 Å². The van der Waals surface area contributed by atoms with Gasteiger partial charge < -0.3 is 9.47 Å². The predicted octanol–water partition coefficient (Wildman–Crippen LogP) is 4.02. The van der Waals surface area contributed by atoms with Gasteiger partial charge in [0.15, 0.2) is 0 Å². The van der Waals surface area contributed by atoms with Crippen molar-refractivity contribution in [3.8, 4) is 5.75 Å². The number of aryl methyl sites for hydroxylation is 1. The molecule has 0 aliphatic carbocycles. The average molecular weight is 314 g/mol. The Bertz CT molecular complexity index is 694. The maximum Gasteiger partial charge on any atom is 0.474 e. The van der Waals surface area contributed by atoms with Gasteiger partial charge >= 0.3 is 17.9 Å². The number of thiophene rings is 1. The number of halogens is 3. The van der Waals surface area contributed by atoms with Gasteiger partial charge in [-0.15, -0.1) is 11.3 Å². The SMILES string of the molecule is Cc1ccc2c(c1)C(=O)O[C@@](c1cccs1)(C(F)(F)F)O2. The molecule has 1 aliphatic heterocycles. The van der Waals surface area contributed by atoms with Crippen LogP contribution in [0.1, 0.15) is 20.8 Å². The topological polar surface area (TPSA) is 35.5 Å². The third kappa shape index (κ3) is 2.08. The number of hydrogen-bond acceptors (Lipinski definition) is 4. The summed E-state index contributed by atoms with van der Waals surface area (Å²) >= 11 is 0.813. The maximum absolute atomic E-state index is 13.5. The molecule has 0 fully saturated rings. The van der Waals surface area contributed by atoms with E-state index < -0.39 is 17.9 Å². The second kappa shape index (κ2) is 4.49. The van der Waals surface area contributed by atoms with Crippen LogP contribution in [0.3, 0.4) is 0 Å². The van der Waals surface area contributed by atoms with Crippen molar-refractivity contribution < 1.29 is 27.4 Å². The fraction of sp³-hybridized carbons (Fsp3) is 0.214. The normalized spacial score (nSPS) is 21.4. The van der Waals surface area contributed by atoms with E-state index in [-0.39, 0.29) is 16.2 Å². The molecule has 0 unspecified atom stereocenters. The van der Waals surface area contributed by atoms with E-state index in [1.54, 1.807) is 13.0 Å². The molecule has 1 aromatic carbocycles. The monoisotopic (exact) mass is 314 g/mol. The highest BCUT2D eigenvalue weighted by Crippen LogP contribution is 2.49. The Hall–Kier alpha value is -2.02. The zero-order chi connectivity index (χ0) is 15.3. The Morgan fingerprint density at radius 1 is 1.19 bits per heavy atom. The van der Waals surface area contributed by atoms with Crippen LogP contribution in [0.15, 0.2) is 35.7 Å². The van der Waals surface area contributed by atoms with Crippen molar-refractivity contribution >= 4 is 17.3 Å². The summed E-state index contributed by atoms with van der Waals surface area (Å²) in [7, 11) is 0. The van der Waals surface area contributed by atoms with E-state index in [0.717, 1.165) is 16.9 Å². The van der Waals surface area contributed by atoms with Gasteiger partial charge in [-0.05, 0) is 30.5 Å². The van der Waals surface area contributed by atoms with Crippen molar-refractivity contribution in [2.24, 2.45) is 0 Å². The predicted molar refractivity (Wildman–Crippen MR) is 69.3 cm³/mol. The summed E-state index contributed by atoms with van der Waals surface area (Å²) in [6.45, 7) is 1.72. The van der Waals surface area contributed by atoms with Crippen LogP contribution in [0.5, 0.6) is 5.75 Å². The molecule has 1 aromatic heterocycles. The van der Waals surface area contributed by atoms with Crippen molar-refractivity contribution in [2.75, 3.05) is 0 Å². The molecule has 0 spiro atoms. The number of carbonyl (C=O) groups excluding carboxylic acids is 1. The summed E-state index contributed by atoms with van der Waals surface area (Å²) in [5.74, 6) is -4.27. The zero-order valence-corrected chi connectivity index (χ0v) is 11.5. The molecule has 0 saturated carbocycles. The highest BCUT2D eigenvalue weighted by molar-refractivity contribution is 7.10. The van der Waals surface area contributed by atoms with Crippen molar-refractivity contribution in [3.05, 3.63) is 51.7 Å². The van der Waals surface area contributed by atoms with Gasteiger partial charge in [0, 0.05) is 0 Å². The van der Waals surface area contributed by atoms with Gasteiger partial charge in [-0.3, -0.25) is 0 Å². The second-order valence-corrected chi connectivity index (χ2v) is 5.53. The number of carbonyl (C=O) groups is 1. The summed E-state index contributed by atoms with van der Waals surface area (Å²) < 4.78 is 50.3. The van der Waals surface area contributed by atoms with E-state index in [9.17, 15) is 18.0 Å². The third-order valence-corrected chi connectivity index (χ3v) is 4.02. The first-order valence-corrected chi connectivity index (χ1v) is 6.85. The van der Waals surface area contributed by atoms with Gasteiger partial charge in [-0.25, -0.2) is 4.79 Å². The lowest BCUT2D eigenvalue weighted by Gasteiger charge is -2.37. The zero-order valence-electron chi connectivity index (χ0n) is 10.7. The summed E-state index contributed by atoms with van der Waals surface area (Å²) in [4.78, 5) is 11.8. The van der Waals surface area contributed by atoms with Gasteiger partial charge in [-0.1, -0.05) is 17.7 Å². The fourth-order valence-electron chi connectivity index (χ4n) is 2.08. The minimum atomic E-state index is -4.89. The van der Waals surface area contributed by atoms with Crippen LogP contribution in [-0.4, -0.2) is 12.1 Å². The van der Waals surface area contributed by atoms with Gasteiger partial charge in [-0.2, -0.15) is 13.2 Å². The van der Waals surface area contributed by atoms with Crippen molar-refractivity contribution in [1.82, 2.24) is 0 Å². The quantitative estimate of drug-likeness (QED) is 0.746. The molecule has 21 heavy (non-hydrogen) atoms. The molecule has 7 heteroatoms. The van der Waals surface area contributed by atoms with E-state index in [2.05, 4.69) is 4.74 Å². The molecule has 2 aromatic rings. The number of esters is 1. The van der Waals surface area contributed by atoms with Crippen LogP contribution < -0.4 is 4.74 Å². The van der Waals surface area contributed by atoms with E-state index >= 15 is 0 Å². The number of alkyl halides is 3. The Morgan fingerprint density at radius 2 is 1.95 bits per heavy atom. The molecule has 0 radical (unpaired) electrons. The molecule has 110 valence electrons. The standard InChI is InChI=1S/C14H9F3O3S/c1-8-4-5-10-9(7-8)12(18)20-13(19-10,14(15,16)17)11-3-2-6-21-11/h2-7H,1H3/t13-/m0/s1. The average Bonchev–Trinajstić information content (AvgIpc) is 2.92. The summed E-state index contributed by atoms with van der Waals surface area (Å²) in [6, 6.07) is 7.03. The summed E-state index contributed by atoms with van der Waals surface area (Å²) in [5, 5.41) is 1.46. The van der Waals surface area contributed by atoms with E-state index in [4.69, 9.17) is 4.74 Å². The Morgan fingerprint density at radius 3 is 2.57 bits per heavy atom. The van der Waals surface area contributed by atoms with E-state index in [1.807, 2.05) is 0 Å². The van der Waals surface area contributed by atoms with Crippen LogP contribution in [-0.2, 0) is 10.5 Å². The van der Waals surface area contributed by atoms with Crippen LogP contribution in [0.4, 0.5) is 13.2 Å². The molecule has 0 bridgehead atoms. The molecule has 3 rings (SSSR count). The van der Waals surface area contributed by atoms with Crippen molar-refractivity contribution in [2.45, 2.75) is 18.9 Å². The second-order valence-electron chi connectivity index (χ2n) is 4.58. The number of cyclic esters (lactones) is 1. The summed E-state index contributed by atoms with van der Waals surface area (Å²) in [5.41, 5.74) is 0.719. The van der Waals surface area contributed by atoms with E-state index in [1.165, 1.54) is 29.6 Å². The smallest absolute Gasteiger partial charge is 0.440 e. The molecule has 1 aliphatic rings. The Balaban J connectivity index is 2.17. The Kier molecular flexibility index (Phi) is 2.98. The lowest BCUT2D eigenvalue weighted by atomic mass is 10.1. The highest BCUT2D eigenvalue weighted by atomic mass is 32.1. The lowest BCUT2D eigenvalue weighted by Crippen LogP contribution is -2.52. The lowest BCUT2D eigenvalue weighted by molar-refractivity contribution is -0.343. The Labute approximate surface area is 121 Å². The minimum Gasteiger partial charge on any atom is -0.440 e. The van der Waals surface area contributed by atoms with Gasteiger partial charge in [0.05, 0.1) is 4.88 Å². The molecular formula is C14H9F3O3S. The molecule has 1 atom stereocenters.